The average Bonchev–Trinajstić information content (AvgIpc) is 3.02. The van der Waals surface area contributed by atoms with E-state index in [-0.39, 0.29) is 5.90 Å². The largest absolute Gasteiger partial charge is 0.497 e. The third-order valence-electron chi connectivity index (χ3n) is 4.09. The van der Waals surface area contributed by atoms with Crippen LogP contribution in [0.3, 0.4) is 0 Å². The lowest BCUT2D eigenvalue weighted by Gasteiger charge is -2.09. The van der Waals surface area contributed by atoms with Crippen LogP contribution in [0, 0.1) is 0 Å². The number of nitrogens with zero attached hydrogens (tertiary/aromatic N) is 1. The lowest BCUT2D eigenvalue weighted by molar-refractivity contribution is 0.303. The van der Waals surface area contributed by atoms with E-state index in [0.717, 1.165) is 5.56 Å². The first kappa shape index (κ1) is 14.3. The standard InChI is InChI=1S/C18H13NO5/c1-22-11-8-6-10(7-9-11)14-15-16(24-17(14)19-21)12-4-2-3-5-13(12)23-18(15)20/h2-9,14,21H,1H3/b19-17+/t14-/m1/s1. The Morgan fingerprint density at radius 2 is 1.88 bits per heavy atom. The van der Waals surface area contributed by atoms with E-state index in [4.69, 9.17) is 13.9 Å². The summed E-state index contributed by atoms with van der Waals surface area (Å²) < 4.78 is 16.2. The first-order chi connectivity index (χ1) is 11.7. The molecule has 1 atom stereocenters. The zero-order valence-corrected chi connectivity index (χ0v) is 12.7. The lowest BCUT2D eigenvalue weighted by atomic mass is 9.93. The topological polar surface area (TPSA) is 81.3 Å². The monoisotopic (exact) mass is 323 g/mol. The first-order valence-corrected chi connectivity index (χ1v) is 7.32. The number of fused-ring (bicyclic) bond motifs is 3. The highest BCUT2D eigenvalue weighted by molar-refractivity contribution is 5.99. The van der Waals surface area contributed by atoms with E-state index in [1.165, 1.54) is 0 Å². The molecule has 4 rings (SSSR count). The molecule has 1 aliphatic heterocycles. The molecular weight excluding hydrogens is 310 g/mol. The summed E-state index contributed by atoms with van der Waals surface area (Å²) in [5, 5.41) is 13.2. The number of benzene rings is 2. The number of hydrogen-bond donors (Lipinski definition) is 1. The van der Waals surface area contributed by atoms with Gasteiger partial charge in [0.25, 0.3) is 0 Å². The molecule has 0 fully saturated rings. The first-order valence-electron chi connectivity index (χ1n) is 7.32. The summed E-state index contributed by atoms with van der Waals surface area (Å²) in [7, 11) is 1.57. The van der Waals surface area contributed by atoms with Gasteiger partial charge < -0.3 is 19.1 Å². The molecule has 24 heavy (non-hydrogen) atoms. The van der Waals surface area contributed by atoms with Crippen molar-refractivity contribution in [1.29, 1.82) is 0 Å². The predicted octanol–water partition coefficient (Wildman–Crippen LogP) is 3.11. The van der Waals surface area contributed by atoms with Gasteiger partial charge in [0.05, 0.1) is 24.0 Å². The van der Waals surface area contributed by atoms with Crippen LogP contribution in [-0.2, 0) is 0 Å². The fourth-order valence-corrected chi connectivity index (χ4v) is 2.97. The molecule has 1 aliphatic rings. The number of hydrogen-bond acceptors (Lipinski definition) is 6. The van der Waals surface area contributed by atoms with Gasteiger partial charge in [-0.25, -0.2) is 4.79 Å². The Morgan fingerprint density at radius 1 is 1.12 bits per heavy atom. The fourth-order valence-electron chi connectivity index (χ4n) is 2.97. The summed E-state index contributed by atoms with van der Waals surface area (Å²) in [6.45, 7) is 0. The van der Waals surface area contributed by atoms with Crippen LogP contribution >= 0.6 is 0 Å². The van der Waals surface area contributed by atoms with E-state index >= 15 is 0 Å². The van der Waals surface area contributed by atoms with Crippen LogP contribution in [-0.4, -0.2) is 18.2 Å². The number of ether oxygens (including phenoxy) is 2. The fraction of sp³-hybridized carbons (Fsp3) is 0.111. The molecule has 6 nitrogen and oxygen atoms in total. The third kappa shape index (κ3) is 2.04. The second-order valence-electron chi connectivity index (χ2n) is 5.37. The van der Waals surface area contributed by atoms with Crippen molar-refractivity contribution < 1.29 is 19.1 Å². The summed E-state index contributed by atoms with van der Waals surface area (Å²) in [4.78, 5) is 12.5. The van der Waals surface area contributed by atoms with Crippen LogP contribution in [0.1, 0.15) is 17.0 Å². The molecule has 3 aromatic rings. The van der Waals surface area contributed by atoms with Gasteiger partial charge in [-0.3, -0.25) is 0 Å². The third-order valence-corrected chi connectivity index (χ3v) is 4.09. The molecule has 0 radical (unpaired) electrons. The molecule has 1 aromatic heterocycles. The molecule has 6 heteroatoms. The summed E-state index contributed by atoms with van der Waals surface area (Å²) in [6.07, 6.45) is 0. The van der Waals surface area contributed by atoms with Gasteiger partial charge in [0.1, 0.15) is 11.3 Å². The Kier molecular flexibility index (Phi) is 3.23. The van der Waals surface area contributed by atoms with Crippen LogP contribution in [0.2, 0.25) is 0 Å². The minimum absolute atomic E-state index is 0.0406. The van der Waals surface area contributed by atoms with E-state index in [9.17, 15) is 10.0 Å². The minimum Gasteiger partial charge on any atom is -0.497 e. The molecule has 120 valence electrons. The number of oxime groups is 1. The number of rotatable bonds is 2. The van der Waals surface area contributed by atoms with Crippen LogP contribution in [0.25, 0.3) is 11.0 Å². The summed E-state index contributed by atoms with van der Waals surface area (Å²) in [5.74, 6) is 0.469. The SMILES string of the molecule is COc1ccc([C@H]2/C(=N\O)Oc3c2c(=O)oc2ccccc32)cc1. The van der Waals surface area contributed by atoms with Crippen LogP contribution in [0.15, 0.2) is 62.9 Å². The lowest BCUT2D eigenvalue weighted by Crippen LogP contribution is -2.16. The molecule has 0 saturated heterocycles. The Balaban J connectivity index is 1.96. The average molecular weight is 323 g/mol. The van der Waals surface area contributed by atoms with E-state index in [2.05, 4.69) is 5.16 Å². The van der Waals surface area contributed by atoms with Crippen molar-refractivity contribution in [3.63, 3.8) is 0 Å². The van der Waals surface area contributed by atoms with E-state index in [1.54, 1.807) is 49.6 Å². The highest BCUT2D eigenvalue weighted by atomic mass is 16.5. The zero-order chi connectivity index (χ0) is 16.7. The van der Waals surface area contributed by atoms with E-state index in [1.807, 2.05) is 6.07 Å². The molecular formula is C18H13NO5. The summed E-state index contributed by atoms with van der Waals surface area (Å²) >= 11 is 0. The Hall–Kier alpha value is -3.28. The van der Waals surface area contributed by atoms with Crippen molar-refractivity contribution in [2.24, 2.45) is 5.16 Å². The van der Waals surface area contributed by atoms with Crippen LogP contribution in [0.5, 0.6) is 11.5 Å². The number of para-hydroxylation sites is 1. The molecule has 0 aliphatic carbocycles. The molecule has 0 saturated carbocycles. The predicted molar refractivity (Wildman–Crippen MR) is 87.2 cm³/mol. The summed E-state index contributed by atoms with van der Waals surface area (Å²) in [5.41, 5.74) is 0.980. The van der Waals surface area contributed by atoms with Gasteiger partial charge in [-0.05, 0) is 29.8 Å². The van der Waals surface area contributed by atoms with E-state index in [0.29, 0.717) is 28.0 Å². The second-order valence-corrected chi connectivity index (χ2v) is 5.37. The van der Waals surface area contributed by atoms with Crippen molar-refractivity contribution in [1.82, 2.24) is 0 Å². The highest BCUT2D eigenvalue weighted by Crippen LogP contribution is 2.42. The highest BCUT2D eigenvalue weighted by Gasteiger charge is 2.38. The van der Waals surface area contributed by atoms with Crippen molar-refractivity contribution in [3.8, 4) is 11.5 Å². The van der Waals surface area contributed by atoms with Crippen LogP contribution < -0.4 is 15.1 Å². The molecule has 0 unspecified atom stereocenters. The van der Waals surface area contributed by atoms with E-state index < -0.39 is 11.5 Å². The number of methoxy groups -OCH3 is 1. The molecule has 0 amide bonds. The van der Waals surface area contributed by atoms with Gasteiger partial charge in [0.2, 0.25) is 5.90 Å². The smallest absolute Gasteiger partial charge is 0.344 e. The maximum atomic E-state index is 12.5. The van der Waals surface area contributed by atoms with Crippen LogP contribution in [0.4, 0.5) is 0 Å². The van der Waals surface area contributed by atoms with Gasteiger partial charge in [-0.15, -0.1) is 0 Å². The Labute approximate surface area is 136 Å². The molecule has 0 bridgehead atoms. The quantitative estimate of drug-likeness (QED) is 0.445. The molecule has 1 N–H and O–H groups in total. The normalized spacial score (nSPS) is 17.7. The Bertz CT molecular complexity index is 1000. The Morgan fingerprint density at radius 3 is 2.58 bits per heavy atom. The molecule has 2 aromatic carbocycles. The van der Waals surface area contributed by atoms with Crippen molar-refractivity contribution >= 4 is 16.9 Å². The maximum absolute atomic E-state index is 12.5. The van der Waals surface area contributed by atoms with Gasteiger partial charge in [-0.2, -0.15) is 0 Å². The van der Waals surface area contributed by atoms with Gasteiger partial charge in [0, 0.05) is 0 Å². The molecule has 2 heterocycles. The van der Waals surface area contributed by atoms with Gasteiger partial charge in [0.15, 0.2) is 5.75 Å². The van der Waals surface area contributed by atoms with Crippen molar-refractivity contribution in [2.75, 3.05) is 7.11 Å². The molecule has 0 spiro atoms. The summed E-state index contributed by atoms with van der Waals surface area (Å²) in [6, 6.07) is 14.2. The van der Waals surface area contributed by atoms with Gasteiger partial charge in [-0.1, -0.05) is 29.4 Å². The van der Waals surface area contributed by atoms with Gasteiger partial charge >= 0.3 is 5.63 Å². The minimum atomic E-state index is -0.628. The maximum Gasteiger partial charge on any atom is 0.344 e. The van der Waals surface area contributed by atoms with Crippen molar-refractivity contribution in [3.05, 3.63) is 70.1 Å². The second kappa shape index (κ2) is 5.42. The zero-order valence-electron chi connectivity index (χ0n) is 12.7. The van der Waals surface area contributed by atoms with Crippen molar-refractivity contribution in [2.45, 2.75) is 5.92 Å².